The van der Waals surface area contributed by atoms with Gasteiger partial charge in [0, 0.05) is 12.0 Å². The summed E-state index contributed by atoms with van der Waals surface area (Å²) in [6.45, 7) is 2.90. The molecule has 2 rings (SSSR count). The van der Waals surface area contributed by atoms with Gasteiger partial charge in [-0.25, -0.2) is 0 Å². The number of ether oxygens (including phenoxy) is 1. The molecule has 1 aromatic heterocycles. The molecule has 5 nitrogen and oxygen atoms in total. The second-order valence-electron chi connectivity index (χ2n) is 7.08. The molecule has 0 atom stereocenters. The molecule has 0 saturated carbocycles. The van der Waals surface area contributed by atoms with Crippen LogP contribution < -0.4 is 10.5 Å². The summed E-state index contributed by atoms with van der Waals surface area (Å²) in [5.41, 5.74) is 4.85. The highest BCUT2D eigenvalue weighted by atomic mass is 19.4. The average molecular weight is 413 g/mol. The highest BCUT2D eigenvalue weighted by Gasteiger charge is 2.35. The standard InChI is InChI=1S/C21H30F3N3O2/c1-2-3-4-5-6-7-8-14-28-18-12-11-16(15-17(18)21(22,23)24)20-26-19(29-27-20)10-9-13-25/h11-12,15H,2-10,13-14,25H2,1H3. The number of halogens is 3. The molecule has 0 amide bonds. The van der Waals surface area contributed by atoms with Gasteiger partial charge >= 0.3 is 6.18 Å². The predicted octanol–water partition coefficient (Wildman–Crippen LogP) is 5.78. The van der Waals surface area contributed by atoms with Crippen molar-refractivity contribution in [3.63, 3.8) is 0 Å². The molecule has 1 heterocycles. The number of aryl methyl sites for hydroxylation is 1. The van der Waals surface area contributed by atoms with Crippen LogP contribution in [0.4, 0.5) is 13.2 Å². The molecule has 2 N–H and O–H groups in total. The van der Waals surface area contributed by atoms with Crippen LogP contribution in [0.25, 0.3) is 11.4 Å². The summed E-state index contributed by atoms with van der Waals surface area (Å²) in [7, 11) is 0. The molecule has 0 fully saturated rings. The largest absolute Gasteiger partial charge is 0.493 e. The monoisotopic (exact) mass is 413 g/mol. The fourth-order valence-electron chi connectivity index (χ4n) is 2.98. The summed E-state index contributed by atoms with van der Waals surface area (Å²) < 4.78 is 51.0. The number of alkyl halides is 3. The Hall–Kier alpha value is -2.09. The van der Waals surface area contributed by atoms with Crippen molar-refractivity contribution in [3.8, 4) is 17.1 Å². The van der Waals surface area contributed by atoms with Gasteiger partial charge < -0.3 is 15.0 Å². The third kappa shape index (κ3) is 7.68. The van der Waals surface area contributed by atoms with Crippen molar-refractivity contribution in [2.45, 2.75) is 70.9 Å². The van der Waals surface area contributed by atoms with Crippen LogP contribution in [0.3, 0.4) is 0 Å². The first-order valence-electron chi connectivity index (χ1n) is 10.3. The number of hydrogen-bond donors (Lipinski definition) is 1. The minimum absolute atomic E-state index is 0.126. The molecule has 0 spiro atoms. The zero-order chi connectivity index (χ0) is 21.1. The maximum absolute atomic E-state index is 13.5. The summed E-state index contributed by atoms with van der Waals surface area (Å²) in [6.07, 6.45) is 4.20. The molecular weight excluding hydrogens is 383 g/mol. The van der Waals surface area contributed by atoms with Gasteiger partial charge in [-0.05, 0) is 37.6 Å². The van der Waals surface area contributed by atoms with Crippen molar-refractivity contribution in [1.29, 1.82) is 0 Å². The molecule has 0 radical (unpaired) electrons. The summed E-state index contributed by atoms with van der Waals surface area (Å²) >= 11 is 0. The highest BCUT2D eigenvalue weighted by molar-refractivity contribution is 5.59. The lowest BCUT2D eigenvalue weighted by Gasteiger charge is -2.14. The summed E-state index contributed by atoms with van der Waals surface area (Å²) in [5.74, 6) is 0.318. The van der Waals surface area contributed by atoms with Gasteiger partial charge in [0.25, 0.3) is 0 Å². The molecule has 2 aromatic rings. The van der Waals surface area contributed by atoms with Gasteiger partial charge in [0.15, 0.2) is 0 Å². The van der Waals surface area contributed by atoms with E-state index in [0.29, 0.717) is 25.3 Å². The van der Waals surface area contributed by atoms with E-state index in [1.807, 2.05) is 0 Å². The van der Waals surface area contributed by atoms with Gasteiger partial charge in [0.1, 0.15) is 5.75 Å². The van der Waals surface area contributed by atoms with Crippen molar-refractivity contribution in [1.82, 2.24) is 10.1 Å². The van der Waals surface area contributed by atoms with E-state index >= 15 is 0 Å². The van der Waals surface area contributed by atoms with Gasteiger partial charge in [0.05, 0.1) is 12.2 Å². The van der Waals surface area contributed by atoms with E-state index in [4.69, 9.17) is 15.0 Å². The Balaban J connectivity index is 1.98. The number of nitrogens with two attached hydrogens (primary N) is 1. The maximum Gasteiger partial charge on any atom is 0.419 e. The molecule has 0 aliphatic carbocycles. The summed E-state index contributed by atoms with van der Waals surface area (Å²) in [5, 5.41) is 3.77. The zero-order valence-electron chi connectivity index (χ0n) is 16.9. The number of aromatic nitrogens is 2. The minimum atomic E-state index is -4.53. The van der Waals surface area contributed by atoms with Crippen LogP contribution in [-0.2, 0) is 12.6 Å². The molecule has 0 aliphatic rings. The molecule has 1 aromatic carbocycles. The van der Waals surface area contributed by atoms with E-state index < -0.39 is 11.7 Å². The van der Waals surface area contributed by atoms with Crippen molar-refractivity contribution < 1.29 is 22.4 Å². The third-order valence-corrected chi connectivity index (χ3v) is 4.61. The molecule has 29 heavy (non-hydrogen) atoms. The van der Waals surface area contributed by atoms with E-state index in [-0.39, 0.29) is 23.7 Å². The first-order valence-corrected chi connectivity index (χ1v) is 10.3. The van der Waals surface area contributed by atoms with Crippen LogP contribution in [-0.4, -0.2) is 23.3 Å². The Morgan fingerprint density at radius 3 is 2.45 bits per heavy atom. The Kier molecular flexibility index (Phi) is 9.44. The Bertz CT molecular complexity index is 732. The van der Waals surface area contributed by atoms with E-state index in [1.54, 1.807) is 0 Å². The number of benzene rings is 1. The van der Waals surface area contributed by atoms with Gasteiger partial charge in [-0.1, -0.05) is 50.6 Å². The highest BCUT2D eigenvalue weighted by Crippen LogP contribution is 2.38. The fraction of sp³-hybridized carbons (Fsp3) is 0.619. The predicted molar refractivity (Wildman–Crippen MR) is 106 cm³/mol. The Labute approximate surface area is 169 Å². The molecule has 0 bridgehead atoms. The normalized spacial score (nSPS) is 11.8. The molecule has 8 heteroatoms. The quantitative estimate of drug-likeness (QED) is 0.422. The summed E-state index contributed by atoms with van der Waals surface area (Å²) in [6, 6.07) is 3.86. The van der Waals surface area contributed by atoms with Crippen LogP contribution in [0.15, 0.2) is 22.7 Å². The number of hydrogen-bond acceptors (Lipinski definition) is 5. The van der Waals surface area contributed by atoms with E-state index in [9.17, 15) is 13.2 Å². The van der Waals surface area contributed by atoms with Crippen LogP contribution in [0.1, 0.15) is 69.7 Å². The number of rotatable bonds is 13. The van der Waals surface area contributed by atoms with Crippen LogP contribution in [0, 0.1) is 0 Å². The van der Waals surface area contributed by atoms with Crippen molar-refractivity contribution in [2.24, 2.45) is 5.73 Å². The maximum atomic E-state index is 13.5. The van der Waals surface area contributed by atoms with Gasteiger partial charge in [-0.15, -0.1) is 0 Å². The number of nitrogens with zero attached hydrogens (tertiary/aromatic N) is 2. The number of unbranched alkanes of at least 4 members (excludes halogenated alkanes) is 6. The minimum Gasteiger partial charge on any atom is -0.493 e. The van der Waals surface area contributed by atoms with Crippen LogP contribution in [0.5, 0.6) is 5.75 Å². The van der Waals surface area contributed by atoms with E-state index in [0.717, 1.165) is 31.7 Å². The molecule has 0 unspecified atom stereocenters. The lowest BCUT2D eigenvalue weighted by atomic mass is 10.1. The fourth-order valence-corrected chi connectivity index (χ4v) is 2.98. The molecule has 0 saturated heterocycles. The lowest BCUT2D eigenvalue weighted by molar-refractivity contribution is -0.138. The molecule has 162 valence electrons. The summed E-state index contributed by atoms with van der Waals surface area (Å²) in [4.78, 5) is 4.15. The van der Waals surface area contributed by atoms with Gasteiger partial charge in [-0.3, -0.25) is 0 Å². The topological polar surface area (TPSA) is 74.2 Å². The molecular formula is C21H30F3N3O2. The average Bonchev–Trinajstić information content (AvgIpc) is 3.16. The smallest absolute Gasteiger partial charge is 0.419 e. The second-order valence-corrected chi connectivity index (χ2v) is 7.08. The first kappa shape index (κ1) is 23.2. The van der Waals surface area contributed by atoms with Crippen molar-refractivity contribution in [2.75, 3.05) is 13.2 Å². The van der Waals surface area contributed by atoms with Gasteiger partial charge in [0.2, 0.25) is 11.7 Å². The van der Waals surface area contributed by atoms with E-state index in [1.165, 1.54) is 31.4 Å². The lowest BCUT2D eigenvalue weighted by Crippen LogP contribution is -2.10. The Morgan fingerprint density at radius 2 is 1.76 bits per heavy atom. The van der Waals surface area contributed by atoms with Gasteiger partial charge in [-0.2, -0.15) is 18.2 Å². The first-order chi connectivity index (χ1) is 14.0. The zero-order valence-corrected chi connectivity index (χ0v) is 16.9. The molecule has 0 aliphatic heterocycles. The van der Waals surface area contributed by atoms with Crippen molar-refractivity contribution >= 4 is 0 Å². The van der Waals surface area contributed by atoms with E-state index in [2.05, 4.69) is 17.1 Å². The Morgan fingerprint density at radius 1 is 1.03 bits per heavy atom. The second kappa shape index (κ2) is 11.8. The van der Waals surface area contributed by atoms with Crippen molar-refractivity contribution in [3.05, 3.63) is 29.7 Å². The SMILES string of the molecule is CCCCCCCCCOc1ccc(-c2noc(CCCN)n2)cc1C(F)(F)F. The third-order valence-electron chi connectivity index (χ3n) is 4.61. The van der Waals surface area contributed by atoms with Crippen LogP contribution >= 0.6 is 0 Å². The van der Waals surface area contributed by atoms with Crippen LogP contribution in [0.2, 0.25) is 0 Å².